The highest BCUT2D eigenvalue weighted by Crippen LogP contribution is 2.22. The maximum absolute atomic E-state index is 12.4. The number of hydrazine groups is 1. The van der Waals surface area contributed by atoms with Crippen LogP contribution in [0.15, 0.2) is 59.5 Å². The fraction of sp³-hybridized carbons (Fsp3) is 0.143. The summed E-state index contributed by atoms with van der Waals surface area (Å²) in [5, 5.41) is 5.60. The lowest BCUT2D eigenvalue weighted by Crippen LogP contribution is -2.48. The zero-order valence-corrected chi connectivity index (χ0v) is 16.7. The van der Waals surface area contributed by atoms with Gasteiger partial charge in [0.25, 0.3) is 17.7 Å². The highest BCUT2D eigenvalue weighted by atomic mass is 16.5. The third-order valence-electron chi connectivity index (χ3n) is 4.33. The van der Waals surface area contributed by atoms with Gasteiger partial charge in [-0.2, -0.15) is 0 Å². The Bertz CT molecular complexity index is 1170. The van der Waals surface area contributed by atoms with E-state index in [1.54, 1.807) is 48.5 Å². The van der Waals surface area contributed by atoms with Gasteiger partial charge in [0.05, 0.1) is 25.9 Å². The van der Waals surface area contributed by atoms with Crippen LogP contribution in [0.1, 0.15) is 10.4 Å². The third kappa shape index (κ3) is 5.38. The van der Waals surface area contributed by atoms with Crippen LogP contribution in [-0.2, 0) is 9.59 Å². The summed E-state index contributed by atoms with van der Waals surface area (Å²) in [4.78, 5) is 51.3. The second-order valence-electron chi connectivity index (χ2n) is 6.41. The minimum Gasteiger partial charge on any atom is -0.495 e. The lowest BCUT2D eigenvalue weighted by molar-refractivity contribution is -0.127. The fourth-order valence-corrected chi connectivity index (χ4v) is 2.79. The van der Waals surface area contributed by atoms with Crippen molar-refractivity contribution in [1.82, 2.24) is 21.2 Å². The largest absolute Gasteiger partial charge is 0.495 e. The summed E-state index contributed by atoms with van der Waals surface area (Å²) in [6.07, 6.45) is 1.29. The Kier molecular flexibility index (Phi) is 6.84. The number of amides is 3. The van der Waals surface area contributed by atoms with E-state index in [0.717, 1.165) is 0 Å². The molecule has 1 heterocycles. The predicted molar refractivity (Wildman–Crippen MR) is 115 cm³/mol. The number of pyridine rings is 1. The zero-order chi connectivity index (χ0) is 22.2. The molecule has 0 fully saturated rings. The van der Waals surface area contributed by atoms with Gasteiger partial charge in [-0.25, -0.2) is 0 Å². The predicted octanol–water partition coefficient (Wildman–Crippen LogP) is 0.526. The number of ether oxygens (including phenoxy) is 1. The third-order valence-corrected chi connectivity index (χ3v) is 4.33. The summed E-state index contributed by atoms with van der Waals surface area (Å²) in [6, 6.07) is 13.8. The van der Waals surface area contributed by atoms with Crippen LogP contribution in [-0.4, -0.2) is 42.9 Å². The quantitative estimate of drug-likeness (QED) is 0.351. The van der Waals surface area contributed by atoms with Gasteiger partial charge in [-0.1, -0.05) is 24.3 Å². The second kappa shape index (κ2) is 9.92. The number of methoxy groups -OCH3 is 1. The van der Waals surface area contributed by atoms with E-state index in [4.69, 9.17) is 4.74 Å². The number of para-hydroxylation sites is 3. The SMILES string of the molecule is COc1ccccc1NCC(=O)NNC(=O)CNC(=O)c1c[nH]c2ccccc2c1=O. The number of anilines is 1. The van der Waals surface area contributed by atoms with Crippen molar-refractivity contribution in [1.29, 1.82) is 0 Å². The molecule has 0 aliphatic rings. The molecular weight excluding hydrogens is 402 g/mol. The lowest BCUT2D eigenvalue weighted by Gasteiger charge is -2.12. The summed E-state index contributed by atoms with van der Waals surface area (Å²) in [5.74, 6) is -1.29. The van der Waals surface area contributed by atoms with E-state index < -0.39 is 29.7 Å². The number of aromatic amines is 1. The smallest absolute Gasteiger partial charge is 0.257 e. The Balaban J connectivity index is 1.46. The molecule has 3 amide bonds. The van der Waals surface area contributed by atoms with Crippen molar-refractivity contribution in [2.24, 2.45) is 0 Å². The van der Waals surface area contributed by atoms with Crippen molar-refractivity contribution in [3.63, 3.8) is 0 Å². The van der Waals surface area contributed by atoms with Crippen LogP contribution in [0.4, 0.5) is 5.69 Å². The molecule has 0 aliphatic carbocycles. The first kappa shape index (κ1) is 21.4. The van der Waals surface area contributed by atoms with Crippen molar-refractivity contribution in [2.45, 2.75) is 0 Å². The maximum Gasteiger partial charge on any atom is 0.257 e. The molecule has 31 heavy (non-hydrogen) atoms. The van der Waals surface area contributed by atoms with Crippen LogP contribution in [0.5, 0.6) is 5.75 Å². The molecule has 10 heteroatoms. The molecule has 3 rings (SSSR count). The molecule has 1 aromatic heterocycles. The van der Waals surface area contributed by atoms with Crippen LogP contribution in [0, 0.1) is 0 Å². The number of hydrogen-bond acceptors (Lipinski definition) is 6. The number of fused-ring (bicyclic) bond motifs is 1. The number of hydrogen-bond donors (Lipinski definition) is 5. The summed E-state index contributed by atoms with van der Waals surface area (Å²) in [7, 11) is 1.51. The van der Waals surface area contributed by atoms with Gasteiger partial charge in [-0.05, 0) is 24.3 Å². The van der Waals surface area contributed by atoms with E-state index in [0.29, 0.717) is 22.3 Å². The maximum atomic E-state index is 12.4. The molecule has 0 radical (unpaired) electrons. The standard InChI is InChI=1S/C21H21N5O5/c1-31-17-9-5-4-8-16(17)23-11-18(27)25-26-19(28)12-24-21(30)14-10-22-15-7-3-2-6-13(15)20(14)29/h2-10,23H,11-12H2,1H3,(H,22,29)(H,24,30)(H,25,27)(H,26,28). The first-order valence-corrected chi connectivity index (χ1v) is 9.33. The van der Waals surface area contributed by atoms with Crippen molar-refractivity contribution in [2.75, 3.05) is 25.5 Å². The summed E-state index contributed by atoms with van der Waals surface area (Å²) >= 11 is 0. The molecule has 2 aromatic carbocycles. The molecule has 0 unspecified atom stereocenters. The van der Waals surface area contributed by atoms with E-state index in [2.05, 4.69) is 26.5 Å². The van der Waals surface area contributed by atoms with Crippen LogP contribution in [0.25, 0.3) is 10.9 Å². The summed E-state index contributed by atoms with van der Waals surface area (Å²) in [5.41, 5.74) is 5.09. The minimum absolute atomic E-state index is 0.112. The number of H-pyrrole nitrogens is 1. The molecule has 160 valence electrons. The first-order chi connectivity index (χ1) is 15.0. The van der Waals surface area contributed by atoms with Gasteiger partial charge in [0.15, 0.2) is 0 Å². The Hall–Kier alpha value is -4.34. The van der Waals surface area contributed by atoms with Gasteiger partial charge in [0.1, 0.15) is 11.3 Å². The van der Waals surface area contributed by atoms with Gasteiger partial charge in [0.2, 0.25) is 5.43 Å². The highest BCUT2D eigenvalue weighted by Gasteiger charge is 2.14. The molecule has 0 aliphatic heterocycles. The second-order valence-corrected chi connectivity index (χ2v) is 6.41. The molecule has 0 saturated carbocycles. The van der Waals surface area contributed by atoms with Crippen molar-refractivity contribution in [3.05, 3.63) is 70.5 Å². The van der Waals surface area contributed by atoms with Gasteiger partial charge < -0.3 is 20.4 Å². The Morgan fingerprint density at radius 1 is 0.935 bits per heavy atom. The van der Waals surface area contributed by atoms with E-state index in [9.17, 15) is 19.2 Å². The van der Waals surface area contributed by atoms with E-state index in [1.807, 2.05) is 0 Å². The van der Waals surface area contributed by atoms with Crippen molar-refractivity contribution >= 4 is 34.3 Å². The highest BCUT2D eigenvalue weighted by molar-refractivity contribution is 5.98. The number of rotatable bonds is 7. The van der Waals surface area contributed by atoms with Gasteiger partial charge in [0, 0.05) is 17.1 Å². The Morgan fingerprint density at radius 3 is 2.39 bits per heavy atom. The molecule has 10 nitrogen and oxygen atoms in total. The van der Waals surface area contributed by atoms with Gasteiger partial charge in [-0.15, -0.1) is 0 Å². The molecule has 0 bridgehead atoms. The Morgan fingerprint density at radius 2 is 1.61 bits per heavy atom. The van der Waals surface area contributed by atoms with Crippen LogP contribution in [0.2, 0.25) is 0 Å². The average molecular weight is 423 g/mol. The van der Waals surface area contributed by atoms with Gasteiger partial charge >= 0.3 is 0 Å². The van der Waals surface area contributed by atoms with Crippen LogP contribution >= 0.6 is 0 Å². The van der Waals surface area contributed by atoms with Crippen LogP contribution < -0.4 is 31.7 Å². The van der Waals surface area contributed by atoms with E-state index in [-0.39, 0.29) is 12.1 Å². The summed E-state index contributed by atoms with van der Waals surface area (Å²) < 4.78 is 5.17. The van der Waals surface area contributed by atoms with E-state index in [1.165, 1.54) is 13.3 Å². The van der Waals surface area contributed by atoms with Crippen molar-refractivity contribution < 1.29 is 19.1 Å². The number of aromatic nitrogens is 1. The average Bonchev–Trinajstić information content (AvgIpc) is 2.80. The number of carbonyl (C=O) groups is 3. The van der Waals surface area contributed by atoms with Crippen LogP contribution in [0.3, 0.4) is 0 Å². The lowest BCUT2D eigenvalue weighted by atomic mass is 10.1. The monoisotopic (exact) mass is 423 g/mol. The molecule has 5 N–H and O–H groups in total. The zero-order valence-electron chi connectivity index (χ0n) is 16.7. The molecule has 0 atom stereocenters. The molecule has 0 spiro atoms. The number of carbonyl (C=O) groups excluding carboxylic acids is 3. The minimum atomic E-state index is -0.702. The normalized spacial score (nSPS) is 10.2. The number of nitrogens with one attached hydrogen (secondary N) is 5. The number of benzene rings is 2. The topological polar surface area (TPSA) is 141 Å². The molecule has 0 saturated heterocycles. The van der Waals surface area contributed by atoms with E-state index >= 15 is 0 Å². The molecular formula is C21H21N5O5. The Labute approximate surface area is 177 Å². The fourth-order valence-electron chi connectivity index (χ4n) is 2.79. The molecule has 3 aromatic rings. The summed E-state index contributed by atoms with van der Waals surface area (Å²) in [6.45, 7) is -0.537. The first-order valence-electron chi connectivity index (χ1n) is 9.33. The van der Waals surface area contributed by atoms with Crippen molar-refractivity contribution in [3.8, 4) is 5.75 Å². The van der Waals surface area contributed by atoms with Gasteiger partial charge in [-0.3, -0.25) is 30.0 Å².